The van der Waals surface area contributed by atoms with Gasteiger partial charge in [0.1, 0.15) is 5.75 Å². The van der Waals surface area contributed by atoms with E-state index in [1.165, 1.54) is 30.6 Å². The Morgan fingerprint density at radius 1 is 1.10 bits per heavy atom. The topological polar surface area (TPSA) is 66.9 Å². The molecule has 3 rings (SSSR count). The Labute approximate surface area is 173 Å². The zero-order valence-corrected chi connectivity index (χ0v) is 18.2. The first-order valence-electron chi connectivity index (χ1n) is 9.77. The van der Waals surface area contributed by atoms with Gasteiger partial charge in [0.25, 0.3) is 15.9 Å². The number of methoxy groups -OCH3 is 1. The van der Waals surface area contributed by atoms with E-state index in [0.29, 0.717) is 22.9 Å². The van der Waals surface area contributed by atoms with E-state index in [0.717, 1.165) is 31.5 Å². The lowest BCUT2D eigenvalue weighted by Gasteiger charge is -2.30. The van der Waals surface area contributed by atoms with Gasteiger partial charge in [0.05, 0.1) is 17.7 Å². The molecule has 1 saturated heterocycles. The van der Waals surface area contributed by atoms with Crippen LogP contribution in [0.4, 0.5) is 5.69 Å². The van der Waals surface area contributed by atoms with Crippen molar-refractivity contribution in [1.29, 1.82) is 0 Å². The normalized spacial score (nSPS) is 15.2. The molecular weight excluding hydrogens is 388 g/mol. The van der Waals surface area contributed by atoms with Crippen LogP contribution in [0.1, 0.15) is 35.7 Å². The van der Waals surface area contributed by atoms with E-state index in [4.69, 9.17) is 4.74 Å². The van der Waals surface area contributed by atoms with Gasteiger partial charge in [-0.15, -0.1) is 0 Å². The molecule has 1 aliphatic heterocycles. The van der Waals surface area contributed by atoms with E-state index in [-0.39, 0.29) is 10.8 Å². The summed E-state index contributed by atoms with van der Waals surface area (Å²) in [6.45, 7) is 5.57. The molecule has 7 heteroatoms. The van der Waals surface area contributed by atoms with E-state index in [1.807, 2.05) is 11.8 Å². The van der Waals surface area contributed by atoms with Crippen molar-refractivity contribution >= 4 is 21.6 Å². The van der Waals surface area contributed by atoms with Crippen molar-refractivity contribution in [3.8, 4) is 5.75 Å². The third-order valence-electron chi connectivity index (χ3n) is 5.57. The van der Waals surface area contributed by atoms with Crippen molar-refractivity contribution < 1.29 is 17.9 Å². The predicted octanol–water partition coefficient (Wildman–Crippen LogP) is 3.70. The van der Waals surface area contributed by atoms with E-state index >= 15 is 0 Å². The third-order valence-corrected chi connectivity index (χ3v) is 7.36. The highest BCUT2D eigenvalue weighted by Crippen LogP contribution is 2.28. The average molecular weight is 417 g/mol. The van der Waals surface area contributed by atoms with Crippen LogP contribution in [0.3, 0.4) is 0 Å². The minimum atomic E-state index is -3.72. The zero-order chi connectivity index (χ0) is 21.2. The van der Waals surface area contributed by atoms with Crippen molar-refractivity contribution in [2.75, 3.05) is 31.6 Å². The van der Waals surface area contributed by atoms with Crippen LogP contribution in [0.2, 0.25) is 0 Å². The second-order valence-electron chi connectivity index (χ2n) is 7.62. The maximum atomic E-state index is 13.0. The van der Waals surface area contributed by atoms with Gasteiger partial charge in [0.2, 0.25) is 0 Å². The SMILES string of the molecule is COc1ccc(S(=O)(=O)N(C)c2ccc(C(=O)N3CCC(C)CC3)cc2C)cc1. The molecule has 1 amide bonds. The highest BCUT2D eigenvalue weighted by atomic mass is 32.2. The van der Waals surface area contributed by atoms with Crippen LogP contribution < -0.4 is 9.04 Å². The van der Waals surface area contributed by atoms with Crippen LogP contribution >= 0.6 is 0 Å². The number of hydrogen-bond donors (Lipinski definition) is 0. The molecule has 0 atom stereocenters. The molecule has 1 aliphatic rings. The monoisotopic (exact) mass is 416 g/mol. The molecule has 0 aliphatic carbocycles. The van der Waals surface area contributed by atoms with E-state index in [2.05, 4.69) is 6.92 Å². The number of carbonyl (C=O) groups is 1. The summed E-state index contributed by atoms with van der Waals surface area (Å²) in [6, 6.07) is 11.5. The van der Waals surface area contributed by atoms with Gasteiger partial charge in [-0.3, -0.25) is 9.10 Å². The van der Waals surface area contributed by atoms with Gasteiger partial charge in [0.15, 0.2) is 0 Å². The number of carbonyl (C=O) groups excluding carboxylic acids is 1. The number of ether oxygens (including phenoxy) is 1. The summed E-state index contributed by atoms with van der Waals surface area (Å²) in [6.07, 6.45) is 2.04. The van der Waals surface area contributed by atoms with Gasteiger partial charge >= 0.3 is 0 Å². The number of hydrogen-bond acceptors (Lipinski definition) is 4. The lowest BCUT2D eigenvalue weighted by atomic mass is 9.98. The van der Waals surface area contributed by atoms with Crippen LogP contribution in [-0.2, 0) is 10.0 Å². The first kappa shape index (κ1) is 21.2. The zero-order valence-electron chi connectivity index (χ0n) is 17.4. The minimum absolute atomic E-state index is 0.00668. The van der Waals surface area contributed by atoms with Crippen LogP contribution in [0, 0.1) is 12.8 Å². The summed E-state index contributed by atoms with van der Waals surface area (Å²) < 4.78 is 32.3. The molecule has 0 aromatic heterocycles. The van der Waals surface area contributed by atoms with Gasteiger partial charge in [-0.25, -0.2) is 8.42 Å². The average Bonchev–Trinajstić information content (AvgIpc) is 2.73. The summed E-state index contributed by atoms with van der Waals surface area (Å²) in [5.74, 6) is 1.25. The molecular formula is C22H28N2O4S. The fraction of sp³-hybridized carbons (Fsp3) is 0.409. The standard InChI is InChI=1S/C22H28N2O4S/c1-16-11-13-24(14-12-16)22(25)18-5-10-21(17(2)15-18)23(3)29(26,27)20-8-6-19(28-4)7-9-20/h5-10,15-16H,11-14H2,1-4H3. The third kappa shape index (κ3) is 4.40. The van der Waals surface area contributed by atoms with Crippen LogP contribution in [0.5, 0.6) is 5.75 Å². The molecule has 0 bridgehead atoms. The Hall–Kier alpha value is -2.54. The van der Waals surface area contributed by atoms with Gasteiger partial charge in [-0.05, 0) is 73.7 Å². The van der Waals surface area contributed by atoms with Crippen LogP contribution in [0.15, 0.2) is 47.4 Å². The maximum Gasteiger partial charge on any atom is 0.264 e. The number of amides is 1. The Kier molecular flexibility index (Phi) is 6.17. The number of piperidine rings is 1. The summed E-state index contributed by atoms with van der Waals surface area (Å²) in [4.78, 5) is 14.9. The molecule has 29 heavy (non-hydrogen) atoms. The lowest BCUT2D eigenvalue weighted by molar-refractivity contribution is 0.0697. The molecule has 0 spiro atoms. The maximum absolute atomic E-state index is 13.0. The van der Waals surface area contributed by atoms with Crippen molar-refractivity contribution in [1.82, 2.24) is 4.90 Å². The first-order chi connectivity index (χ1) is 13.7. The van der Waals surface area contributed by atoms with Crippen molar-refractivity contribution in [3.05, 3.63) is 53.6 Å². The highest BCUT2D eigenvalue weighted by Gasteiger charge is 2.25. The number of benzene rings is 2. The molecule has 0 N–H and O–H groups in total. The fourth-order valence-corrected chi connectivity index (χ4v) is 4.83. The van der Waals surface area contributed by atoms with Crippen molar-refractivity contribution in [3.63, 3.8) is 0 Å². The number of rotatable bonds is 5. The first-order valence-corrected chi connectivity index (χ1v) is 11.2. The fourth-order valence-electron chi connectivity index (χ4n) is 3.57. The Balaban J connectivity index is 1.82. The quantitative estimate of drug-likeness (QED) is 0.745. The molecule has 1 fully saturated rings. The predicted molar refractivity (Wildman–Crippen MR) is 114 cm³/mol. The van der Waals surface area contributed by atoms with Crippen LogP contribution in [0.25, 0.3) is 0 Å². The Morgan fingerprint density at radius 2 is 1.72 bits per heavy atom. The summed E-state index contributed by atoms with van der Waals surface area (Å²) in [7, 11) is -0.660. The number of anilines is 1. The summed E-state index contributed by atoms with van der Waals surface area (Å²) in [5, 5.41) is 0. The van der Waals surface area contributed by atoms with Crippen molar-refractivity contribution in [2.24, 2.45) is 5.92 Å². The smallest absolute Gasteiger partial charge is 0.264 e. The number of likely N-dealkylation sites (tertiary alicyclic amines) is 1. The van der Waals surface area contributed by atoms with E-state index < -0.39 is 10.0 Å². The molecule has 0 saturated carbocycles. The summed E-state index contributed by atoms with van der Waals surface area (Å²) >= 11 is 0. The number of sulfonamides is 1. The number of aryl methyl sites for hydroxylation is 1. The largest absolute Gasteiger partial charge is 0.497 e. The molecule has 0 radical (unpaired) electrons. The van der Waals surface area contributed by atoms with Crippen LogP contribution in [-0.4, -0.2) is 46.5 Å². The Morgan fingerprint density at radius 3 is 2.28 bits per heavy atom. The molecule has 6 nitrogen and oxygen atoms in total. The molecule has 2 aromatic carbocycles. The van der Waals surface area contributed by atoms with E-state index in [9.17, 15) is 13.2 Å². The Bertz CT molecular complexity index is 978. The van der Waals surface area contributed by atoms with Gasteiger partial charge < -0.3 is 9.64 Å². The second-order valence-corrected chi connectivity index (χ2v) is 9.59. The molecule has 2 aromatic rings. The lowest BCUT2D eigenvalue weighted by Crippen LogP contribution is -2.38. The van der Waals surface area contributed by atoms with E-state index in [1.54, 1.807) is 30.3 Å². The minimum Gasteiger partial charge on any atom is -0.497 e. The molecule has 0 unspecified atom stereocenters. The molecule has 156 valence electrons. The van der Waals surface area contributed by atoms with Gasteiger partial charge in [-0.1, -0.05) is 6.92 Å². The second kappa shape index (κ2) is 8.45. The highest BCUT2D eigenvalue weighted by molar-refractivity contribution is 7.92. The van der Waals surface area contributed by atoms with Gasteiger partial charge in [-0.2, -0.15) is 0 Å². The van der Waals surface area contributed by atoms with Crippen molar-refractivity contribution in [2.45, 2.75) is 31.6 Å². The molecule has 1 heterocycles. The van der Waals surface area contributed by atoms with Gasteiger partial charge in [0, 0.05) is 25.7 Å². The number of nitrogens with zero attached hydrogens (tertiary/aromatic N) is 2. The summed E-state index contributed by atoms with van der Waals surface area (Å²) in [5.41, 5.74) is 1.88.